The number of thiophene rings is 3. The van der Waals surface area contributed by atoms with Crippen LogP contribution in [0.3, 0.4) is 0 Å². The van der Waals surface area contributed by atoms with Crippen molar-refractivity contribution in [1.82, 2.24) is 0 Å². The first-order valence-electron chi connectivity index (χ1n) is 22.4. The Kier molecular flexibility index (Phi) is 8.43. The van der Waals surface area contributed by atoms with Gasteiger partial charge in [0.2, 0.25) is 0 Å². The van der Waals surface area contributed by atoms with Gasteiger partial charge in [-0.05, 0) is 103 Å². The fraction of sp³-hybridized carbons (Fsp3) is 0.0323. The fourth-order valence-electron chi connectivity index (χ4n) is 11.0. The van der Waals surface area contributed by atoms with Crippen LogP contribution in [-0.2, 0) is 0 Å². The van der Waals surface area contributed by atoms with E-state index in [4.69, 9.17) is 0 Å². The Morgan fingerprint density at radius 1 is 0.200 bits per heavy atom. The minimum atomic E-state index is 0.0642. The van der Waals surface area contributed by atoms with Gasteiger partial charge in [-0.2, -0.15) is 0 Å². The van der Waals surface area contributed by atoms with Gasteiger partial charge in [0, 0.05) is 73.4 Å². The first kappa shape index (κ1) is 37.3. The van der Waals surface area contributed by atoms with Crippen molar-refractivity contribution in [3.05, 3.63) is 252 Å². The predicted molar refractivity (Wildman–Crippen MR) is 280 cm³/mol. The van der Waals surface area contributed by atoms with Crippen LogP contribution in [0.2, 0.25) is 0 Å². The lowest BCUT2D eigenvalue weighted by atomic mass is 9.60. The summed E-state index contributed by atoms with van der Waals surface area (Å²) >= 11 is 5.81. The third-order valence-corrected chi connectivity index (χ3v) is 17.8. The summed E-state index contributed by atoms with van der Waals surface area (Å²) in [7, 11) is 0. The van der Waals surface area contributed by atoms with Crippen molar-refractivity contribution >= 4 is 66.3 Å². The number of fused-ring (bicyclic) bond motifs is 3. The monoisotopic (exact) mass is 878 g/mol. The van der Waals surface area contributed by atoms with E-state index in [1.54, 1.807) is 0 Å². The summed E-state index contributed by atoms with van der Waals surface area (Å²) in [5.41, 5.74) is 16.3. The van der Waals surface area contributed by atoms with Crippen molar-refractivity contribution in [2.75, 3.05) is 0 Å². The van der Waals surface area contributed by atoms with Gasteiger partial charge in [-0.25, -0.2) is 0 Å². The van der Waals surface area contributed by atoms with Crippen LogP contribution < -0.4 is 0 Å². The van der Waals surface area contributed by atoms with E-state index >= 15 is 0 Å². The van der Waals surface area contributed by atoms with Gasteiger partial charge in [-0.15, -0.1) is 34.0 Å². The molecule has 3 aliphatic carbocycles. The molecule has 12 aromatic rings. The largest absolute Gasteiger partial charge is 0.134 e. The number of hydrogen-bond donors (Lipinski definition) is 0. The van der Waals surface area contributed by atoms with E-state index in [1.165, 1.54) is 128 Å². The third kappa shape index (κ3) is 5.73. The molecule has 0 saturated carbocycles. The topological polar surface area (TPSA) is 0 Å². The highest BCUT2D eigenvalue weighted by Gasteiger charge is 2.43. The maximum atomic E-state index is 2.61. The molecule has 3 heterocycles. The summed E-state index contributed by atoms with van der Waals surface area (Å²) < 4.78 is 0. The van der Waals surface area contributed by atoms with Gasteiger partial charge in [0.15, 0.2) is 0 Å². The third-order valence-electron chi connectivity index (χ3n) is 13.8. The van der Waals surface area contributed by atoms with Gasteiger partial charge >= 0.3 is 0 Å². The summed E-state index contributed by atoms with van der Waals surface area (Å²) in [6.45, 7) is 0. The zero-order chi connectivity index (χ0) is 42.6. The lowest BCUT2D eigenvalue weighted by Gasteiger charge is -2.43. The van der Waals surface area contributed by atoms with E-state index < -0.39 is 0 Å². The molecule has 2 bridgehead atoms. The van der Waals surface area contributed by atoms with Gasteiger partial charge in [0.1, 0.15) is 0 Å². The van der Waals surface area contributed by atoms with E-state index in [2.05, 4.69) is 218 Å². The minimum absolute atomic E-state index is 0.0642. The predicted octanol–water partition coefficient (Wildman–Crippen LogP) is 18.3. The van der Waals surface area contributed by atoms with Crippen LogP contribution in [-0.4, -0.2) is 0 Å². The van der Waals surface area contributed by atoms with Gasteiger partial charge in [0.05, 0.1) is 0 Å². The SMILES string of the molecule is c1ccc(-c2sc(-c3ccccc3)c3cc4c(cc23)C2c3cc5c(-c6ccccc6)sc(-c6ccccc6)c5cc3C4c3cc4c(-c5ccccc5)sc(-c5ccccc5)c4cc32)cc1. The summed E-state index contributed by atoms with van der Waals surface area (Å²) in [5.74, 6) is 0.128. The molecule has 0 aliphatic heterocycles. The molecule has 15 rings (SSSR count). The lowest BCUT2D eigenvalue weighted by Crippen LogP contribution is -2.27. The lowest BCUT2D eigenvalue weighted by molar-refractivity contribution is 0.761. The molecule has 0 N–H and O–H groups in total. The van der Waals surface area contributed by atoms with Crippen molar-refractivity contribution in [1.29, 1.82) is 0 Å². The second-order valence-electron chi connectivity index (χ2n) is 17.4. The Morgan fingerprint density at radius 2 is 0.354 bits per heavy atom. The van der Waals surface area contributed by atoms with E-state index in [-0.39, 0.29) is 11.8 Å². The van der Waals surface area contributed by atoms with Crippen LogP contribution in [0.4, 0.5) is 0 Å². The van der Waals surface area contributed by atoms with Crippen LogP contribution in [0, 0.1) is 0 Å². The second kappa shape index (κ2) is 14.7. The Morgan fingerprint density at radius 3 is 0.508 bits per heavy atom. The molecular formula is C62H38S3. The van der Waals surface area contributed by atoms with Crippen LogP contribution in [0.5, 0.6) is 0 Å². The summed E-state index contributed by atoms with van der Waals surface area (Å²) in [6, 6.07) is 81.9. The van der Waals surface area contributed by atoms with E-state index in [9.17, 15) is 0 Å². The van der Waals surface area contributed by atoms with Crippen LogP contribution >= 0.6 is 34.0 Å². The zero-order valence-corrected chi connectivity index (χ0v) is 37.6. The molecule has 0 atom stereocenters. The maximum Gasteiger partial charge on any atom is 0.0428 e. The summed E-state index contributed by atoms with van der Waals surface area (Å²) in [6.07, 6.45) is 0. The van der Waals surface area contributed by atoms with Crippen molar-refractivity contribution in [3.63, 3.8) is 0 Å². The van der Waals surface area contributed by atoms with Crippen molar-refractivity contribution in [2.24, 2.45) is 0 Å². The van der Waals surface area contributed by atoms with Crippen molar-refractivity contribution < 1.29 is 0 Å². The standard InChI is InChI=1S/C62H38S3/c1-7-19-37(20-8-1)57-49-31-43-44(32-50(49)58(63-57)38-21-9-2-10-22-38)56-47-35-53-51(59(39-23-11-3-12-24-39)64-61(53)41-27-15-5-16-28-41)33-45(47)55(43)46-34-52-54(36-48(46)56)62(42-29-17-6-18-30-42)65-60(52)40-25-13-4-14-26-40/h1-36,55-56H. The quantitative estimate of drug-likeness (QED) is 0.156. The van der Waals surface area contributed by atoms with Gasteiger partial charge in [-0.1, -0.05) is 182 Å². The van der Waals surface area contributed by atoms with Crippen molar-refractivity contribution in [2.45, 2.75) is 11.8 Å². The van der Waals surface area contributed by atoms with E-state index in [0.29, 0.717) is 0 Å². The van der Waals surface area contributed by atoms with Gasteiger partial charge in [0.25, 0.3) is 0 Å². The molecule has 3 aromatic heterocycles. The molecule has 0 fully saturated rings. The summed E-state index contributed by atoms with van der Waals surface area (Å²) in [5, 5.41) is 8.06. The van der Waals surface area contributed by atoms with Crippen LogP contribution in [0.15, 0.2) is 218 Å². The van der Waals surface area contributed by atoms with Crippen LogP contribution in [0.1, 0.15) is 45.2 Å². The smallest absolute Gasteiger partial charge is 0.0428 e. The molecule has 0 nitrogen and oxygen atoms in total. The molecule has 0 spiro atoms. The Labute approximate surface area is 390 Å². The molecule has 0 radical (unpaired) electrons. The highest BCUT2D eigenvalue weighted by Crippen LogP contribution is 2.61. The second-order valence-corrected chi connectivity index (χ2v) is 20.5. The Bertz CT molecular complexity index is 3140. The molecule has 304 valence electrons. The van der Waals surface area contributed by atoms with E-state index in [0.717, 1.165) is 0 Å². The van der Waals surface area contributed by atoms with Gasteiger partial charge in [-0.3, -0.25) is 0 Å². The molecule has 0 saturated heterocycles. The van der Waals surface area contributed by atoms with Crippen molar-refractivity contribution in [3.8, 4) is 62.6 Å². The number of benzene rings is 9. The summed E-state index contributed by atoms with van der Waals surface area (Å²) in [4.78, 5) is 8.02. The Balaban J connectivity index is 1.10. The molecule has 3 aliphatic rings. The average Bonchev–Trinajstić information content (AvgIpc) is 4.07. The highest BCUT2D eigenvalue weighted by atomic mass is 32.1. The van der Waals surface area contributed by atoms with Crippen LogP contribution in [0.25, 0.3) is 95.0 Å². The maximum absolute atomic E-state index is 2.61. The molecular weight excluding hydrogens is 841 g/mol. The normalized spacial score (nSPS) is 14.8. The number of hydrogen-bond acceptors (Lipinski definition) is 3. The molecule has 3 heteroatoms. The first-order chi connectivity index (χ1) is 32.2. The first-order valence-corrected chi connectivity index (χ1v) is 24.8. The highest BCUT2D eigenvalue weighted by molar-refractivity contribution is 7.21. The van der Waals surface area contributed by atoms with E-state index in [1.807, 2.05) is 34.0 Å². The Hall–Kier alpha value is -7.14. The molecule has 0 unspecified atom stereocenters. The molecule has 65 heavy (non-hydrogen) atoms. The minimum Gasteiger partial charge on any atom is -0.134 e. The average molecular weight is 879 g/mol. The zero-order valence-electron chi connectivity index (χ0n) is 35.2. The molecule has 9 aromatic carbocycles. The number of rotatable bonds is 6. The van der Waals surface area contributed by atoms with Gasteiger partial charge < -0.3 is 0 Å². The molecule has 0 amide bonds. The fourth-order valence-corrected chi connectivity index (χ4v) is 14.8.